The van der Waals surface area contributed by atoms with Gasteiger partial charge in [0, 0.05) is 7.11 Å². The number of rotatable bonds is 7. The topological polar surface area (TPSA) is 21.3 Å². The van der Waals surface area contributed by atoms with E-state index in [-0.39, 0.29) is 18.0 Å². The van der Waals surface area contributed by atoms with Gasteiger partial charge in [-0.2, -0.15) is 0 Å². The van der Waals surface area contributed by atoms with Crippen molar-refractivity contribution < 1.29 is 9.13 Å². The molecule has 0 aromatic heterocycles. The number of halogens is 1. The van der Waals surface area contributed by atoms with Gasteiger partial charge in [0.05, 0.1) is 12.1 Å². The van der Waals surface area contributed by atoms with Crippen LogP contribution in [-0.4, -0.2) is 19.8 Å². The number of hydrogen-bond donors (Lipinski definition) is 1. The Morgan fingerprint density at radius 2 is 2.22 bits per heavy atom. The van der Waals surface area contributed by atoms with Crippen molar-refractivity contribution in [3.05, 3.63) is 35.6 Å². The average Bonchev–Trinajstić information content (AvgIpc) is 3.18. The quantitative estimate of drug-likeness (QED) is 0.803. The van der Waals surface area contributed by atoms with Gasteiger partial charge in [-0.15, -0.1) is 0 Å². The molecule has 2 atom stereocenters. The molecule has 0 radical (unpaired) electrons. The van der Waals surface area contributed by atoms with Crippen LogP contribution in [0.2, 0.25) is 0 Å². The smallest absolute Gasteiger partial charge is 0.123 e. The molecule has 0 amide bonds. The van der Waals surface area contributed by atoms with Gasteiger partial charge in [-0.1, -0.05) is 19.1 Å². The van der Waals surface area contributed by atoms with E-state index in [2.05, 4.69) is 12.2 Å². The number of methoxy groups -OCH3 is 1. The van der Waals surface area contributed by atoms with Crippen molar-refractivity contribution in [1.29, 1.82) is 0 Å². The van der Waals surface area contributed by atoms with E-state index >= 15 is 0 Å². The highest BCUT2D eigenvalue weighted by molar-refractivity contribution is 5.22. The molecule has 3 heteroatoms. The fourth-order valence-electron chi connectivity index (χ4n) is 2.45. The van der Waals surface area contributed by atoms with Gasteiger partial charge in [-0.05, 0) is 49.4 Å². The summed E-state index contributed by atoms with van der Waals surface area (Å²) in [7, 11) is 1.75. The second-order valence-electron chi connectivity index (χ2n) is 5.02. The van der Waals surface area contributed by atoms with Gasteiger partial charge >= 0.3 is 0 Å². The predicted molar refractivity (Wildman–Crippen MR) is 71.0 cm³/mol. The summed E-state index contributed by atoms with van der Waals surface area (Å²) in [5.74, 6) is 0.439. The maximum atomic E-state index is 13.4. The Balaban J connectivity index is 2.17. The molecule has 2 rings (SSSR count). The fraction of sp³-hybridized carbons (Fsp3) is 0.600. The van der Waals surface area contributed by atoms with Gasteiger partial charge in [0.15, 0.2) is 0 Å². The molecule has 1 aliphatic rings. The van der Waals surface area contributed by atoms with E-state index in [1.165, 1.54) is 18.9 Å². The Morgan fingerprint density at radius 3 is 2.78 bits per heavy atom. The normalized spacial score (nSPS) is 18.6. The molecule has 100 valence electrons. The molecule has 1 aliphatic carbocycles. The first-order chi connectivity index (χ1) is 8.76. The van der Waals surface area contributed by atoms with Crippen LogP contribution in [0.1, 0.15) is 37.8 Å². The molecule has 1 N–H and O–H groups in total. The Labute approximate surface area is 109 Å². The van der Waals surface area contributed by atoms with Crippen LogP contribution in [0.25, 0.3) is 0 Å². The first kappa shape index (κ1) is 13.5. The van der Waals surface area contributed by atoms with Crippen molar-refractivity contribution in [1.82, 2.24) is 5.32 Å². The minimum atomic E-state index is -0.179. The van der Waals surface area contributed by atoms with E-state index < -0.39 is 0 Å². The Morgan fingerprint density at radius 1 is 1.44 bits per heavy atom. The van der Waals surface area contributed by atoms with E-state index in [0.29, 0.717) is 5.92 Å². The molecule has 0 spiro atoms. The van der Waals surface area contributed by atoms with Crippen molar-refractivity contribution in [2.75, 3.05) is 13.7 Å². The standard InChI is InChI=1S/C15H22FNO/c1-3-9-17-14(15(18-2)11-7-8-11)12-5-4-6-13(16)10-12/h4-6,10-11,14-15,17H,3,7-9H2,1-2H3. The summed E-state index contributed by atoms with van der Waals surface area (Å²) >= 11 is 0. The minimum Gasteiger partial charge on any atom is -0.379 e. The maximum Gasteiger partial charge on any atom is 0.123 e. The fourth-order valence-corrected chi connectivity index (χ4v) is 2.45. The van der Waals surface area contributed by atoms with Gasteiger partial charge in [0.25, 0.3) is 0 Å². The van der Waals surface area contributed by atoms with Crippen molar-refractivity contribution in [3.8, 4) is 0 Å². The minimum absolute atomic E-state index is 0.0955. The van der Waals surface area contributed by atoms with Gasteiger partial charge < -0.3 is 10.1 Å². The lowest BCUT2D eigenvalue weighted by molar-refractivity contribution is 0.0506. The zero-order chi connectivity index (χ0) is 13.0. The Hall–Kier alpha value is -0.930. The van der Waals surface area contributed by atoms with Crippen LogP contribution in [0.3, 0.4) is 0 Å². The highest BCUT2D eigenvalue weighted by atomic mass is 19.1. The molecule has 1 aromatic rings. The summed E-state index contributed by atoms with van der Waals surface area (Å²) in [5.41, 5.74) is 0.988. The second-order valence-corrected chi connectivity index (χ2v) is 5.02. The monoisotopic (exact) mass is 251 g/mol. The number of hydrogen-bond acceptors (Lipinski definition) is 2. The lowest BCUT2D eigenvalue weighted by Gasteiger charge is -2.27. The van der Waals surface area contributed by atoms with Crippen molar-refractivity contribution in [2.45, 2.75) is 38.3 Å². The van der Waals surface area contributed by atoms with Crippen LogP contribution in [0, 0.1) is 11.7 Å². The van der Waals surface area contributed by atoms with Gasteiger partial charge in [0.2, 0.25) is 0 Å². The lowest BCUT2D eigenvalue weighted by atomic mass is 9.97. The van der Waals surface area contributed by atoms with E-state index in [0.717, 1.165) is 18.5 Å². The van der Waals surface area contributed by atoms with E-state index in [1.54, 1.807) is 19.2 Å². The molecule has 0 heterocycles. The predicted octanol–water partition coefficient (Wildman–Crippen LogP) is 3.29. The third-order valence-corrected chi connectivity index (χ3v) is 3.51. The molecule has 2 unspecified atom stereocenters. The molecular weight excluding hydrogens is 229 g/mol. The van der Waals surface area contributed by atoms with E-state index in [4.69, 9.17) is 4.74 Å². The summed E-state index contributed by atoms with van der Waals surface area (Å²) in [5, 5.41) is 3.49. The third-order valence-electron chi connectivity index (χ3n) is 3.51. The molecule has 1 saturated carbocycles. The first-order valence-electron chi connectivity index (χ1n) is 6.78. The maximum absolute atomic E-state index is 13.4. The highest BCUT2D eigenvalue weighted by Gasteiger charge is 2.37. The largest absolute Gasteiger partial charge is 0.379 e. The number of ether oxygens (including phenoxy) is 1. The van der Waals surface area contributed by atoms with Crippen molar-refractivity contribution in [3.63, 3.8) is 0 Å². The molecule has 0 bridgehead atoms. The Kier molecular flexibility index (Phi) is 4.72. The summed E-state index contributed by atoms with van der Waals surface area (Å²) < 4.78 is 19.0. The molecule has 0 saturated heterocycles. The van der Waals surface area contributed by atoms with Crippen LogP contribution in [0.15, 0.2) is 24.3 Å². The van der Waals surface area contributed by atoms with Crippen LogP contribution >= 0.6 is 0 Å². The average molecular weight is 251 g/mol. The summed E-state index contributed by atoms with van der Waals surface area (Å²) in [6.07, 6.45) is 3.65. The van der Waals surface area contributed by atoms with Gasteiger partial charge in [-0.25, -0.2) is 4.39 Å². The Bertz CT molecular complexity index is 379. The summed E-state index contributed by atoms with van der Waals surface area (Å²) in [6, 6.07) is 6.94. The molecule has 18 heavy (non-hydrogen) atoms. The molecule has 1 fully saturated rings. The summed E-state index contributed by atoms with van der Waals surface area (Å²) in [6.45, 7) is 3.06. The molecule has 1 aromatic carbocycles. The SMILES string of the molecule is CCCNC(c1cccc(F)c1)C(OC)C1CC1. The zero-order valence-electron chi connectivity index (χ0n) is 11.2. The number of nitrogens with one attached hydrogen (secondary N) is 1. The zero-order valence-corrected chi connectivity index (χ0v) is 11.2. The molecule has 2 nitrogen and oxygen atoms in total. The second kappa shape index (κ2) is 6.30. The van der Waals surface area contributed by atoms with Crippen LogP contribution in [-0.2, 0) is 4.74 Å². The van der Waals surface area contributed by atoms with Gasteiger partial charge in [0.1, 0.15) is 5.82 Å². The molecule has 0 aliphatic heterocycles. The van der Waals surface area contributed by atoms with Gasteiger partial charge in [-0.3, -0.25) is 0 Å². The van der Waals surface area contributed by atoms with Crippen molar-refractivity contribution >= 4 is 0 Å². The highest BCUT2D eigenvalue weighted by Crippen LogP contribution is 2.39. The first-order valence-corrected chi connectivity index (χ1v) is 6.78. The molecular formula is C15H22FNO. The van der Waals surface area contributed by atoms with Crippen molar-refractivity contribution in [2.24, 2.45) is 5.92 Å². The van der Waals surface area contributed by atoms with Crippen LogP contribution in [0.4, 0.5) is 4.39 Å². The van der Waals surface area contributed by atoms with E-state index in [1.807, 2.05) is 6.07 Å². The third kappa shape index (κ3) is 3.30. The van der Waals surface area contributed by atoms with E-state index in [9.17, 15) is 4.39 Å². The number of benzene rings is 1. The lowest BCUT2D eigenvalue weighted by Crippen LogP contribution is -2.35. The van der Waals surface area contributed by atoms with Crippen LogP contribution in [0.5, 0.6) is 0 Å². The summed E-state index contributed by atoms with van der Waals surface area (Å²) in [4.78, 5) is 0. The van der Waals surface area contributed by atoms with Crippen LogP contribution < -0.4 is 5.32 Å².